The maximum absolute atomic E-state index is 12.4. The van der Waals surface area contributed by atoms with Crippen LogP contribution in [0.25, 0.3) is 11.1 Å². The molecule has 7 heteroatoms. The number of carbonyl (C=O) groups is 2. The molecule has 1 aliphatic rings. The molecule has 0 atom stereocenters. The number of nitrogens with one attached hydrogen (secondary N) is 2. The number of fused-ring (bicyclic) bond motifs is 1. The number of anilines is 2. The third kappa shape index (κ3) is 4.81. The first-order chi connectivity index (χ1) is 14.1. The van der Waals surface area contributed by atoms with Gasteiger partial charge in [0.15, 0.2) is 11.5 Å². The highest BCUT2D eigenvalue weighted by molar-refractivity contribution is 5.93. The molecule has 1 fully saturated rings. The second-order valence-electron chi connectivity index (χ2n) is 7.38. The van der Waals surface area contributed by atoms with Crippen molar-refractivity contribution < 1.29 is 14.0 Å². The van der Waals surface area contributed by atoms with Crippen LogP contribution in [0.5, 0.6) is 0 Å². The first kappa shape index (κ1) is 19.1. The minimum atomic E-state index is -0.122. The lowest BCUT2D eigenvalue weighted by atomic mass is 9.97. The van der Waals surface area contributed by atoms with E-state index in [0.717, 1.165) is 42.9 Å². The third-order valence-electron chi connectivity index (χ3n) is 5.10. The highest BCUT2D eigenvalue weighted by atomic mass is 16.3. The Kier molecular flexibility index (Phi) is 5.57. The fourth-order valence-corrected chi connectivity index (χ4v) is 3.65. The molecule has 0 aliphatic carbocycles. The zero-order chi connectivity index (χ0) is 20.2. The van der Waals surface area contributed by atoms with Crippen molar-refractivity contribution in [2.45, 2.75) is 25.7 Å². The molecule has 29 heavy (non-hydrogen) atoms. The fraction of sp³-hybridized carbons (Fsp3) is 0.318. The van der Waals surface area contributed by atoms with Gasteiger partial charge in [0.25, 0.3) is 0 Å². The van der Waals surface area contributed by atoms with Crippen LogP contribution >= 0.6 is 0 Å². The molecular weight excluding hydrogens is 368 g/mol. The molecule has 0 bridgehead atoms. The van der Waals surface area contributed by atoms with Crippen LogP contribution in [0, 0.1) is 0 Å². The van der Waals surface area contributed by atoms with E-state index in [2.05, 4.69) is 20.5 Å². The molecule has 0 saturated carbocycles. The normalized spacial score (nSPS) is 15.3. The predicted molar refractivity (Wildman–Crippen MR) is 112 cm³/mol. The number of carbonyl (C=O) groups excluding carboxylic acids is 2. The molecule has 7 nitrogen and oxygen atoms in total. The number of rotatable bonds is 5. The van der Waals surface area contributed by atoms with Crippen LogP contribution in [0.4, 0.5) is 11.4 Å². The van der Waals surface area contributed by atoms with Crippen molar-refractivity contribution in [2.24, 2.45) is 0 Å². The smallest absolute Gasteiger partial charge is 0.238 e. The van der Waals surface area contributed by atoms with Gasteiger partial charge in [0.1, 0.15) is 5.52 Å². The predicted octanol–water partition coefficient (Wildman–Crippen LogP) is 3.60. The Hall–Kier alpha value is -3.19. The number of likely N-dealkylation sites (tertiary alicyclic amines) is 1. The highest BCUT2D eigenvalue weighted by Crippen LogP contribution is 2.29. The number of nitrogens with zero attached hydrogens (tertiary/aromatic N) is 2. The van der Waals surface area contributed by atoms with Gasteiger partial charge in [-0.1, -0.05) is 12.1 Å². The maximum atomic E-state index is 12.4. The zero-order valence-corrected chi connectivity index (χ0v) is 16.4. The summed E-state index contributed by atoms with van der Waals surface area (Å²) in [6.45, 7) is 3.48. The summed E-state index contributed by atoms with van der Waals surface area (Å²) in [4.78, 5) is 30.2. The van der Waals surface area contributed by atoms with Crippen LogP contribution in [-0.4, -0.2) is 41.3 Å². The van der Waals surface area contributed by atoms with E-state index in [9.17, 15) is 9.59 Å². The molecule has 150 valence electrons. The van der Waals surface area contributed by atoms with Gasteiger partial charge in [0, 0.05) is 24.2 Å². The van der Waals surface area contributed by atoms with Crippen LogP contribution < -0.4 is 10.6 Å². The highest BCUT2D eigenvalue weighted by Gasteiger charge is 2.25. The second kappa shape index (κ2) is 8.45. The maximum Gasteiger partial charge on any atom is 0.238 e. The minimum absolute atomic E-state index is 0.0439. The average Bonchev–Trinajstić information content (AvgIpc) is 3.14. The Morgan fingerprint density at radius 2 is 1.69 bits per heavy atom. The quantitative estimate of drug-likeness (QED) is 0.693. The van der Waals surface area contributed by atoms with E-state index >= 15 is 0 Å². The van der Waals surface area contributed by atoms with Crippen molar-refractivity contribution in [3.8, 4) is 0 Å². The van der Waals surface area contributed by atoms with E-state index in [1.54, 1.807) is 24.3 Å². The van der Waals surface area contributed by atoms with Crippen molar-refractivity contribution in [2.75, 3.05) is 30.3 Å². The number of amides is 2. The van der Waals surface area contributed by atoms with Crippen LogP contribution in [0.2, 0.25) is 0 Å². The molecule has 0 radical (unpaired) electrons. The molecular formula is C22H24N4O3. The van der Waals surface area contributed by atoms with Crippen LogP contribution in [0.1, 0.15) is 31.6 Å². The van der Waals surface area contributed by atoms with E-state index in [4.69, 9.17) is 4.42 Å². The van der Waals surface area contributed by atoms with Gasteiger partial charge in [-0.05, 0) is 62.3 Å². The van der Waals surface area contributed by atoms with Gasteiger partial charge in [-0.2, -0.15) is 0 Å². The summed E-state index contributed by atoms with van der Waals surface area (Å²) in [7, 11) is 0. The largest absolute Gasteiger partial charge is 0.440 e. The van der Waals surface area contributed by atoms with Gasteiger partial charge in [0.2, 0.25) is 11.8 Å². The Morgan fingerprint density at radius 3 is 2.34 bits per heavy atom. The molecule has 0 spiro atoms. The summed E-state index contributed by atoms with van der Waals surface area (Å²) in [6.07, 6.45) is 1.84. The minimum Gasteiger partial charge on any atom is -0.440 e. The molecule has 2 N–H and O–H groups in total. The van der Waals surface area contributed by atoms with Gasteiger partial charge < -0.3 is 15.1 Å². The lowest BCUT2D eigenvalue weighted by Gasteiger charge is -2.29. The number of benzene rings is 2. The number of para-hydroxylation sites is 2. The Labute approximate surface area is 169 Å². The van der Waals surface area contributed by atoms with E-state index in [1.807, 2.05) is 24.3 Å². The molecule has 1 aromatic heterocycles. The lowest BCUT2D eigenvalue weighted by molar-refractivity contribution is -0.117. The zero-order valence-electron chi connectivity index (χ0n) is 16.4. The van der Waals surface area contributed by atoms with Crippen molar-refractivity contribution in [3.05, 3.63) is 54.4 Å². The van der Waals surface area contributed by atoms with Gasteiger partial charge in [-0.3, -0.25) is 14.5 Å². The molecule has 2 heterocycles. The number of hydrogen-bond acceptors (Lipinski definition) is 5. The van der Waals surface area contributed by atoms with E-state index < -0.39 is 0 Å². The SMILES string of the molecule is CC(=O)Nc1ccc(NC(=O)CN2CCC(c3nc4ccccc4o3)CC2)cc1. The summed E-state index contributed by atoms with van der Waals surface area (Å²) in [5, 5.41) is 5.61. The Balaban J connectivity index is 1.26. The summed E-state index contributed by atoms with van der Waals surface area (Å²) < 4.78 is 5.90. The summed E-state index contributed by atoms with van der Waals surface area (Å²) in [5.74, 6) is 0.929. The number of oxazole rings is 1. The lowest BCUT2D eigenvalue weighted by Crippen LogP contribution is -2.38. The summed E-state index contributed by atoms with van der Waals surface area (Å²) >= 11 is 0. The molecule has 3 aromatic rings. The Bertz CT molecular complexity index is 971. The van der Waals surface area contributed by atoms with Gasteiger partial charge in [-0.15, -0.1) is 0 Å². The monoisotopic (exact) mass is 392 g/mol. The van der Waals surface area contributed by atoms with E-state index in [-0.39, 0.29) is 11.8 Å². The topological polar surface area (TPSA) is 87.5 Å². The van der Waals surface area contributed by atoms with E-state index in [1.165, 1.54) is 6.92 Å². The van der Waals surface area contributed by atoms with Crippen molar-refractivity contribution in [1.29, 1.82) is 0 Å². The average molecular weight is 392 g/mol. The molecule has 0 unspecified atom stereocenters. The molecule has 4 rings (SSSR count). The molecule has 2 aromatic carbocycles. The molecule has 2 amide bonds. The van der Waals surface area contributed by atoms with E-state index in [0.29, 0.717) is 23.8 Å². The standard InChI is InChI=1S/C22H24N4O3/c1-15(27)23-17-6-8-18(9-7-17)24-21(28)14-26-12-10-16(11-13-26)22-25-19-4-2-3-5-20(19)29-22/h2-9,16H,10-14H2,1H3,(H,23,27)(H,24,28). The van der Waals surface area contributed by atoms with Crippen LogP contribution in [-0.2, 0) is 9.59 Å². The van der Waals surface area contributed by atoms with Crippen LogP contribution in [0.15, 0.2) is 52.9 Å². The molecule has 1 saturated heterocycles. The van der Waals surface area contributed by atoms with Gasteiger partial charge >= 0.3 is 0 Å². The fourth-order valence-electron chi connectivity index (χ4n) is 3.65. The second-order valence-corrected chi connectivity index (χ2v) is 7.38. The number of hydrogen-bond donors (Lipinski definition) is 2. The number of piperidine rings is 1. The van der Waals surface area contributed by atoms with Crippen LogP contribution in [0.3, 0.4) is 0 Å². The van der Waals surface area contributed by atoms with Gasteiger partial charge in [-0.25, -0.2) is 4.98 Å². The number of aromatic nitrogens is 1. The molecule has 1 aliphatic heterocycles. The van der Waals surface area contributed by atoms with Crippen molar-refractivity contribution in [3.63, 3.8) is 0 Å². The Morgan fingerprint density at radius 1 is 1.03 bits per heavy atom. The summed E-state index contributed by atoms with van der Waals surface area (Å²) in [6, 6.07) is 14.9. The van der Waals surface area contributed by atoms with Crippen molar-refractivity contribution >= 4 is 34.3 Å². The first-order valence-electron chi connectivity index (χ1n) is 9.82. The van der Waals surface area contributed by atoms with Gasteiger partial charge in [0.05, 0.1) is 6.54 Å². The summed E-state index contributed by atoms with van der Waals surface area (Å²) in [5.41, 5.74) is 3.14. The first-order valence-corrected chi connectivity index (χ1v) is 9.82. The van der Waals surface area contributed by atoms with Crippen molar-refractivity contribution in [1.82, 2.24) is 9.88 Å². The third-order valence-corrected chi connectivity index (χ3v) is 5.10.